The summed E-state index contributed by atoms with van der Waals surface area (Å²) in [5.74, 6) is 0.166. The monoisotopic (exact) mass is 351 g/mol. The second-order valence-corrected chi connectivity index (χ2v) is 7.19. The molecular formula is C16H21N3O4S. The largest absolute Gasteiger partial charge is 0.465 e. The number of methoxy groups -OCH3 is 1. The Balaban J connectivity index is 1.93. The first kappa shape index (κ1) is 17.1. The van der Waals surface area contributed by atoms with Crippen LogP contribution in [0.25, 0.3) is 10.2 Å². The molecule has 0 radical (unpaired) electrons. The molecule has 1 N–H and O–H groups in total. The molecule has 0 bridgehead atoms. The summed E-state index contributed by atoms with van der Waals surface area (Å²) in [6, 6.07) is 0. The molecule has 24 heavy (non-hydrogen) atoms. The first-order valence-electron chi connectivity index (χ1n) is 7.87. The fraction of sp³-hybridized carbons (Fsp3) is 0.562. The van der Waals surface area contributed by atoms with Gasteiger partial charge in [-0.1, -0.05) is 0 Å². The molecule has 3 rings (SSSR count). The van der Waals surface area contributed by atoms with Crippen LogP contribution in [0.2, 0.25) is 0 Å². The number of hydrogen-bond acceptors (Lipinski definition) is 7. The van der Waals surface area contributed by atoms with E-state index in [9.17, 15) is 9.59 Å². The van der Waals surface area contributed by atoms with Crippen molar-refractivity contribution in [3.05, 3.63) is 26.6 Å². The average Bonchev–Trinajstić information content (AvgIpc) is 2.82. The molecule has 8 heteroatoms. The zero-order valence-corrected chi connectivity index (χ0v) is 15.0. The molecule has 2 unspecified atom stereocenters. The van der Waals surface area contributed by atoms with Crippen LogP contribution in [0, 0.1) is 6.92 Å². The number of thiophene rings is 1. The van der Waals surface area contributed by atoms with Gasteiger partial charge in [-0.25, -0.2) is 9.78 Å². The van der Waals surface area contributed by atoms with Crippen molar-refractivity contribution in [1.82, 2.24) is 14.9 Å². The Morgan fingerprint density at radius 1 is 1.42 bits per heavy atom. The number of nitrogens with one attached hydrogen (secondary N) is 1. The van der Waals surface area contributed by atoms with Gasteiger partial charge in [0, 0.05) is 13.1 Å². The van der Waals surface area contributed by atoms with Crippen LogP contribution < -0.4 is 5.56 Å². The van der Waals surface area contributed by atoms with Gasteiger partial charge in [0.05, 0.1) is 31.2 Å². The zero-order valence-electron chi connectivity index (χ0n) is 14.2. The number of ether oxygens (including phenoxy) is 2. The van der Waals surface area contributed by atoms with Gasteiger partial charge in [0.15, 0.2) is 0 Å². The quantitative estimate of drug-likeness (QED) is 0.847. The predicted octanol–water partition coefficient (Wildman–Crippen LogP) is 1.69. The number of carbonyl (C=O) groups excluding carboxylic acids is 1. The third-order valence-corrected chi connectivity index (χ3v) is 5.25. The van der Waals surface area contributed by atoms with Gasteiger partial charge in [-0.2, -0.15) is 0 Å². The number of fused-ring (bicyclic) bond motifs is 1. The number of aromatic amines is 1. The van der Waals surface area contributed by atoms with E-state index in [1.165, 1.54) is 18.4 Å². The number of hydrogen-bond donors (Lipinski definition) is 1. The molecule has 1 aliphatic heterocycles. The van der Waals surface area contributed by atoms with Gasteiger partial charge < -0.3 is 14.5 Å². The number of H-pyrrole nitrogens is 1. The van der Waals surface area contributed by atoms with Crippen LogP contribution in [0.3, 0.4) is 0 Å². The van der Waals surface area contributed by atoms with Gasteiger partial charge >= 0.3 is 5.97 Å². The number of rotatable bonds is 3. The summed E-state index contributed by atoms with van der Waals surface area (Å²) >= 11 is 1.20. The Morgan fingerprint density at radius 3 is 2.71 bits per heavy atom. The van der Waals surface area contributed by atoms with Crippen LogP contribution in [0.15, 0.2) is 4.79 Å². The lowest BCUT2D eigenvalue weighted by molar-refractivity contribution is -0.0710. The average molecular weight is 351 g/mol. The van der Waals surface area contributed by atoms with E-state index in [4.69, 9.17) is 9.47 Å². The normalized spacial score (nSPS) is 22.0. The SMILES string of the molecule is COC(=O)c1sc2nc(CN3CC(C)OC(C)C3)[nH]c(=O)c2c1C. The molecule has 0 amide bonds. The van der Waals surface area contributed by atoms with Crippen molar-refractivity contribution in [2.24, 2.45) is 0 Å². The van der Waals surface area contributed by atoms with Crippen LogP contribution >= 0.6 is 11.3 Å². The van der Waals surface area contributed by atoms with Gasteiger partial charge in [-0.3, -0.25) is 9.69 Å². The van der Waals surface area contributed by atoms with Gasteiger partial charge in [-0.15, -0.1) is 11.3 Å². The van der Waals surface area contributed by atoms with E-state index in [1.807, 2.05) is 13.8 Å². The topological polar surface area (TPSA) is 84.5 Å². The van der Waals surface area contributed by atoms with Crippen molar-refractivity contribution in [2.45, 2.75) is 39.5 Å². The Labute approximate surface area is 143 Å². The number of esters is 1. The molecule has 130 valence electrons. The van der Waals surface area contributed by atoms with Gasteiger partial charge in [-0.05, 0) is 26.3 Å². The minimum absolute atomic E-state index is 0.152. The highest BCUT2D eigenvalue weighted by atomic mass is 32.1. The summed E-state index contributed by atoms with van der Waals surface area (Å²) in [5.41, 5.74) is 0.407. The van der Waals surface area contributed by atoms with Crippen molar-refractivity contribution in [1.29, 1.82) is 0 Å². The van der Waals surface area contributed by atoms with E-state index in [-0.39, 0.29) is 17.8 Å². The maximum absolute atomic E-state index is 12.4. The van der Waals surface area contributed by atoms with Gasteiger partial charge in [0.1, 0.15) is 15.5 Å². The molecule has 1 aliphatic rings. The lowest BCUT2D eigenvalue weighted by Gasteiger charge is -2.34. The third-order valence-electron chi connectivity index (χ3n) is 4.09. The van der Waals surface area contributed by atoms with E-state index in [2.05, 4.69) is 14.9 Å². The molecule has 0 aliphatic carbocycles. The Kier molecular flexibility index (Phi) is 4.71. The summed E-state index contributed by atoms with van der Waals surface area (Å²) in [7, 11) is 1.33. The number of aryl methyl sites for hydroxylation is 1. The minimum Gasteiger partial charge on any atom is -0.465 e. The molecule has 2 aromatic rings. The molecule has 0 aromatic carbocycles. The summed E-state index contributed by atoms with van der Waals surface area (Å²) in [4.78, 5) is 34.9. The fourth-order valence-electron chi connectivity index (χ4n) is 3.18. The second-order valence-electron chi connectivity index (χ2n) is 6.19. The van der Waals surface area contributed by atoms with E-state index < -0.39 is 5.97 Å². The van der Waals surface area contributed by atoms with Crippen molar-refractivity contribution in [3.63, 3.8) is 0 Å². The zero-order chi connectivity index (χ0) is 17.4. The number of nitrogens with zero attached hydrogens (tertiary/aromatic N) is 2. The Bertz CT molecular complexity index is 819. The van der Waals surface area contributed by atoms with Crippen LogP contribution in [-0.4, -0.2) is 53.2 Å². The van der Waals surface area contributed by atoms with Crippen LogP contribution in [0.4, 0.5) is 0 Å². The van der Waals surface area contributed by atoms with E-state index >= 15 is 0 Å². The highest BCUT2D eigenvalue weighted by Crippen LogP contribution is 2.27. The van der Waals surface area contributed by atoms with Crippen molar-refractivity contribution >= 4 is 27.5 Å². The summed E-state index contributed by atoms with van der Waals surface area (Å²) in [6.07, 6.45) is 0.304. The Morgan fingerprint density at radius 2 is 2.08 bits per heavy atom. The van der Waals surface area contributed by atoms with E-state index in [0.29, 0.717) is 33.0 Å². The molecule has 2 aromatic heterocycles. The first-order valence-corrected chi connectivity index (χ1v) is 8.69. The minimum atomic E-state index is -0.438. The molecule has 0 spiro atoms. The summed E-state index contributed by atoms with van der Waals surface area (Å²) in [6.45, 7) is 7.95. The molecule has 0 saturated carbocycles. The molecule has 7 nitrogen and oxygen atoms in total. The van der Waals surface area contributed by atoms with Gasteiger partial charge in [0.25, 0.3) is 5.56 Å². The highest BCUT2D eigenvalue weighted by Gasteiger charge is 2.24. The second kappa shape index (κ2) is 6.62. The van der Waals surface area contributed by atoms with Crippen molar-refractivity contribution in [3.8, 4) is 0 Å². The van der Waals surface area contributed by atoms with Crippen molar-refractivity contribution in [2.75, 3.05) is 20.2 Å². The number of carbonyl (C=O) groups is 1. The molecule has 1 fully saturated rings. The van der Waals surface area contributed by atoms with E-state index in [0.717, 1.165) is 13.1 Å². The van der Waals surface area contributed by atoms with Crippen LogP contribution in [0.1, 0.15) is 34.9 Å². The lowest BCUT2D eigenvalue weighted by atomic mass is 10.2. The summed E-state index contributed by atoms with van der Waals surface area (Å²) < 4.78 is 10.5. The third kappa shape index (κ3) is 3.22. The molecule has 3 heterocycles. The maximum atomic E-state index is 12.4. The summed E-state index contributed by atoms with van der Waals surface area (Å²) in [5, 5.41) is 0.466. The lowest BCUT2D eigenvalue weighted by Crippen LogP contribution is -2.45. The standard InChI is InChI=1S/C16H21N3O4S/c1-8-5-19(6-9(2)23-8)7-11-17-14(20)12-10(3)13(16(21)22-4)24-15(12)18-11/h8-9H,5-7H2,1-4H3,(H,17,18,20). The van der Waals surface area contributed by atoms with Gasteiger partial charge in [0.2, 0.25) is 0 Å². The molecular weight excluding hydrogens is 330 g/mol. The number of aromatic nitrogens is 2. The van der Waals surface area contributed by atoms with Crippen molar-refractivity contribution < 1.29 is 14.3 Å². The fourth-order valence-corrected chi connectivity index (χ4v) is 4.29. The highest BCUT2D eigenvalue weighted by molar-refractivity contribution is 7.20. The maximum Gasteiger partial charge on any atom is 0.348 e. The first-order chi connectivity index (χ1) is 11.4. The Hall–Kier alpha value is -1.77. The predicted molar refractivity (Wildman–Crippen MR) is 91.6 cm³/mol. The van der Waals surface area contributed by atoms with Crippen LogP contribution in [0.5, 0.6) is 0 Å². The smallest absolute Gasteiger partial charge is 0.348 e. The number of morpholine rings is 1. The molecule has 2 atom stereocenters. The van der Waals surface area contributed by atoms with E-state index in [1.54, 1.807) is 6.92 Å². The molecule has 1 saturated heterocycles. The van der Waals surface area contributed by atoms with Crippen LogP contribution in [-0.2, 0) is 16.0 Å².